The van der Waals surface area contributed by atoms with Gasteiger partial charge in [-0.2, -0.15) is 5.10 Å². The third-order valence-corrected chi connectivity index (χ3v) is 6.45. The molecule has 0 aliphatic carbocycles. The summed E-state index contributed by atoms with van der Waals surface area (Å²) in [6.07, 6.45) is 1.67. The van der Waals surface area contributed by atoms with Crippen LogP contribution in [0, 0.1) is 0 Å². The maximum absolute atomic E-state index is 12.6. The second-order valence-corrected chi connectivity index (χ2v) is 8.88. The molecular formula is C30H21Cl2N3O. The number of rotatable bonds is 6. The summed E-state index contributed by atoms with van der Waals surface area (Å²) in [4.78, 5) is 12.6. The van der Waals surface area contributed by atoms with Gasteiger partial charge in [0.1, 0.15) is 0 Å². The van der Waals surface area contributed by atoms with Gasteiger partial charge in [-0.05, 0) is 47.5 Å². The standard InChI is InChI=1S/C30H21Cl2N3O/c31-26-17-16-23(18-27(26)32)30(36)34-33-20-24-19-28(21-10-4-1-5-11-21)35(25-14-8-3-9-15-25)29(24)22-12-6-2-7-13-22/h1-20H,(H,34,36)/b33-20-. The number of halogens is 2. The molecule has 4 nitrogen and oxygen atoms in total. The van der Waals surface area contributed by atoms with Crippen molar-refractivity contribution in [3.8, 4) is 28.2 Å². The van der Waals surface area contributed by atoms with E-state index in [2.05, 4.69) is 57.6 Å². The molecule has 0 atom stereocenters. The first-order valence-electron chi connectivity index (χ1n) is 11.3. The third-order valence-electron chi connectivity index (χ3n) is 5.71. The van der Waals surface area contributed by atoms with Crippen LogP contribution in [0.25, 0.3) is 28.2 Å². The number of hydrogen-bond donors (Lipinski definition) is 1. The lowest BCUT2D eigenvalue weighted by atomic mass is 10.1. The molecule has 1 N–H and O–H groups in total. The van der Waals surface area contributed by atoms with Gasteiger partial charge in [0.05, 0.1) is 27.6 Å². The monoisotopic (exact) mass is 509 g/mol. The summed E-state index contributed by atoms with van der Waals surface area (Å²) in [5.41, 5.74) is 8.93. The van der Waals surface area contributed by atoms with Gasteiger partial charge in [0.15, 0.2) is 0 Å². The first-order chi connectivity index (χ1) is 17.6. The van der Waals surface area contributed by atoms with Gasteiger partial charge < -0.3 is 4.57 Å². The molecule has 1 heterocycles. The van der Waals surface area contributed by atoms with Crippen molar-refractivity contribution >= 4 is 35.3 Å². The summed E-state index contributed by atoms with van der Waals surface area (Å²) < 4.78 is 2.22. The van der Waals surface area contributed by atoms with Crippen molar-refractivity contribution in [2.75, 3.05) is 0 Å². The molecule has 1 amide bonds. The van der Waals surface area contributed by atoms with E-state index in [0.717, 1.165) is 33.8 Å². The number of carbonyl (C=O) groups is 1. The minimum Gasteiger partial charge on any atom is -0.309 e. The molecule has 176 valence electrons. The van der Waals surface area contributed by atoms with Crippen molar-refractivity contribution in [2.24, 2.45) is 5.10 Å². The van der Waals surface area contributed by atoms with Crippen molar-refractivity contribution in [1.29, 1.82) is 0 Å². The van der Waals surface area contributed by atoms with Crippen LogP contribution in [-0.4, -0.2) is 16.7 Å². The molecule has 0 unspecified atom stereocenters. The number of hydrogen-bond acceptors (Lipinski definition) is 2. The number of nitrogens with one attached hydrogen (secondary N) is 1. The summed E-state index contributed by atoms with van der Waals surface area (Å²) in [5.74, 6) is -0.378. The first kappa shape index (κ1) is 23.6. The maximum Gasteiger partial charge on any atom is 0.271 e. The summed E-state index contributed by atoms with van der Waals surface area (Å²) in [7, 11) is 0. The van der Waals surface area contributed by atoms with E-state index < -0.39 is 0 Å². The van der Waals surface area contributed by atoms with Gasteiger partial charge in [-0.15, -0.1) is 0 Å². The van der Waals surface area contributed by atoms with Crippen molar-refractivity contribution in [2.45, 2.75) is 0 Å². The number of aromatic nitrogens is 1. The minimum absolute atomic E-state index is 0.312. The summed E-state index contributed by atoms with van der Waals surface area (Å²) in [6.45, 7) is 0. The van der Waals surface area contributed by atoms with E-state index >= 15 is 0 Å². The Kier molecular flexibility index (Phi) is 6.99. The summed E-state index contributed by atoms with van der Waals surface area (Å²) in [6, 6.07) is 37.3. The number of para-hydroxylation sites is 1. The number of carbonyl (C=O) groups excluding carboxylic acids is 1. The van der Waals surface area contributed by atoms with Crippen LogP contribution in [0.1, 0.15) is 15.9 Å². The quantitative estimate of drug-likeness (QED) is 0.183. The van der Waals surface area contributed by atoms with Crippen LogP contribution in [0.4, 0.5) is 0 Å². The second-order valence-electron chi connectivity index (χ2n) is 8.06. The lowest BCUT2D eigenvalue weighted by Gasteiger charge is -2.15. The smallest absolute Gasteiger partial charge is 0.271 e. The molecule has 0 fully saturated rings. The lowest BCUT2D eigenvalue weighted by Crippen LogP contribution is -2.17. The van der Waals surface area contributed by atoms with E-state index in [1.165, 1.54) is 6.07 Å². The zero-order valence-electron chi connectivity index (χ0n) is 19.1. The Morgan fingerprint density at radius 2 is 1.33 bits per heavy atom. The second kappa shape index (κ2) is 10.6. The van der Waals surface area contributed by atoms with E-state index in [0.29, 0.717) is 15.6 Å². The molecule has 0 bridgehead atoms. The largest absolute Gasteiger partial charge is 0.309 e. The van der Waals surface area contributed by atoms with Gasteiger partial charge in [0.2, 0.25) is 0 Å². The zero-order chi connectivity index (χ0) is 24.9. The highest BCUT2D eigenvalue weighted by Gasteiger charge is 2.18. The third kappa shape index (κ3) is 4.96. The number of amides is 1. The maximum atomic E-state index is 12.6. The molecule has 0 radical (unpaired) electrons. The molecule has 0 aliphatic rings. The normalized spacial score (nSPS) is 11.1. The Morgan fingerprint density at radius 3 is 1.97 bits per heavy atom. The summed E-state index contributed by atoms with van der Waals surface area (Å²) in [5, 5.41) is 4.98. The van der Waals surface area contributed by atoms with E-state index in [4.69, 9.17) is 23.2 Å². The number of nitrogens with zero attached hydrogens (tertiary/aromatic N) is 2. The van der Waals surface area contributed by atoms with Crippen molar-refractivity contribution in [3.05, 3.63) is 136 Å². The highest BCUT2D eigenvalue weighted by atomic mass is 35.5. The molecule has 4 aromatic carbocycles. The SMILES string of the molecule is O=C(N/N=C\c1cc(-c2ccccc2)n(-c2ccccc2)c1-c1ccccc1)c1ccc(Cl)c(Cl)c1. The molecule has 0 spiro atoms. The van der Waals surface area contributed by atoms with E-state index in [1.807, 2.05) is 54.6 Å². The molecule has 0 saturated carbocycles. The van der Waals surface area contributed by atoms with Crippen LogP contribution in [0.5, 0.6) is 0 Å². The topological polar surface area (TPSA) is 46.4 Å². The Morgan fingerprint density at radius 1 is 0.722 bits per heavy atom. The fraction of sp³-hybridized carbons (Fsp3) is 0. The van der Waals surface area contributed by atoms with Gasteiger partial charge in [-0.1, -0.05) is 102 Å². The van der Waals surface area contributed by atoms with Crippen LogP contribution in [0.3, 0.4) is 0 Å². The van der Waals surface area contributed by atoms with Crippen molar-refractivity contribution in [3.63, 3.8) is 0 Å². The van der Waals surface area contributed by atoms with Crippen molar-refractivity contribution in [1.82, 2.24) is 9.99 Å². The molecule has 6 heteroatoms. The van der Waals surface area contributed by atoms with E-state index in [1.54, 1.807) is 18.3 Å². The first-order valence-corrected chi connectivity index (χ1v) is 12.1. The van der Waals surface area contributed by atoms with E-state index in [-0.39, 0.29) is 5.91 Å². The van der Waals surface area contributed by atoms with Crippen molar-refractivity contribution < 1.29 is 4.79 Å². The molecule has 36 heavy (non-hydrogen) atoms. The predicted molar refractivity (Wildman–Crippen MR) is 148 cm³/mol. The average molecular weight is 510 g/mol. The van der Waals surface area contributed by atoms with Gasteiger partial charge in [-0.3, -0.25) is 4.79 Å². The highest BCUT2D eigenvalue weighted by Crippen LogP contribution is 2.35. The fourth-order valence-corrected chi connectivity index (χ4v) is 4.35. The minimum atomic E-state index is -0.378. The average Bonchev–Trinajstić information content (AvgIpc) is 3.31. The van der Waals surface area contributed by atoms with Crippen LogP contribution in [0.15, 0.2) is 120 Å². The van der Waals surface area contributed by atoms with Crippen LogP contribution >= 0.6 is 23.2 Å². The van der Waals surface area contributed by atoms with E-state index in [9.17, 15) is 4.79 Å². The Bertz CT molecular complexity index is 1530. The Balaban J connectivity index is 1.60. The van der Waals surface area contributed by atoms with Gasteiger partial charge in [0.25, 0.3) is 5.91 Å². The number of benzene rings is 4. The zero-order valence-corrected chi connectivity index (χ0v) is 20.6. The van der Waals surface area contributed by atoms with Gasteiger partial charge in [0, 0.05) is 16.8 Å². The molecule has 5 rings (SSSR count). The molecule has 0 aliphatic heterocycles. The van der Waals surface area contributed by atoms with Crippen LogP contribution in [0.2, 0.25) is 10.0 Å². The molecule has 5 aromatic rings. The van der Waals surface area contributed by atoms with Crippen LogP contribution < -0.4 is 5.43 Å². The highest BCUT2D eigenvalue weighted by molar-refractivity contribution is 6.42. The Hall–Kier alpha value is -4.12. The fourth-order valence-electron chi connectivity index (χ4n) is 4.05. The molecular weight excluding hydrogens is 489 g/mol. The summed E-state index contributed by atoms with van der Waals surface area (Å²) >= 11 is 12.0. The van der Waals surface area contributed by atoms with Gasteiger partial charge in [-0.25, -0.2) is 5.43 Å². The van der Waals surface area contributed by atoms with Crippen LogP contribution in [-0.2, 0) is 0 Å². The lowest BCUT2D eigenvalue weighted by molar-refractivity contribution is 0.0955. The molecule has 1 aromatic heterocycles. The predicted octanol–water partition coefficient (Wildman–Crippen LogP) is 7.88. The number of hydrazone groups is 1. The Labute approximate surface area is 219 Å². The molecule has 0 saturated heterocycles. The van der Waals surface area contributed by atoms with Gasteiger partial charge >= 0.3 is 0 Å².